The van der Waals surface area contributed by atoms with E-state index < -0.39 is 0 Å². The van der Waals surface area contributed by atoms with E-state index in [2.05, 4.69) is 24.9 Å². The number of benzene rings is 1. The zero-order valence-corrected chi connectivity index (χ0v) is 9.36. The van der Waals surface area contributed by atoms with Crippen LogP contribution in [0.15, 0.2) is 24.3 Å². The Morgan fingerprint density at radius 1 is 1.40 bits per heavy atom. The number of ether oxygens (including phenoxy) is 1. The van der Waals surface area contributed by atoms with E-state index in [1.54, 1.807) is 0 Å². The molecule has 0 aliphatic rings. The van der Waals surface area contributed by atoms with Crippen molar-refractivity contribution < 1.29 is 4.74 Å². The maximum Gasteiger partial charge on any atom is 0.120 e. The Morgan fingerprint density at radius 3 is 2.87 bits per heavy atom. The molecule has 1 aromatic rings. The second kappa shape index (κ2) is 6.10. The van der Waals surface area contributed by atoms with Crippen LogP contribution < -0.4 is 4.74 Å². The molecule has 0 aromatic heterocycles. The van der Waals surface area contributed by atoms with Crippen LogP contribution in [0.5, 0.6) is 5.75 Å². The maximum atomic E-state index is 5.58. The van der Waals surface area contributed by atoms with Crippen LogP contribution in [0.2, 0.25) is 0 Å². The summed E-state index contributed by atoms with van der Waals surface area (Å²) in [6.07, 6.45) is 6.32. The molecule has 0 heterocycles. The average Bonchev–Trinajstić information content (AvgIpc) is 2.24. The van der Waals surface area contributed by atoms with E-state index in [0.29, 0.717) is 0 Å². The number of hydrogen-bond acceptors (Lipinski definition) is 2. The molecule has 0 saturated heterocycles. The van der Waals surface area contributed by atoms with Crippen LogP contribution in [0.3, 0.4) is 0 Å². The minimum atomic E-state index is 0.728. The summed E-state index contributed by atoms with van der Waals surface area (Å²) < 4.78 is 5.58. The Morgan fingerprint density at radius 2 is 2.20 bits per heavy atom. The first-order valence-corrected chi connectivity index (χ1v) is 5.06. The molecule has 0 unspecified atom stereocenters. The van der Waals surface area contributed by atoms with E-state index in [4.69, 9.17) is 11.2 Å². The molecule has 2 nitrogen and oxygen atoms in total. The van der Waals surface area contributed by atoms with Crippen molar-refractivity contribution in [3.05, 3.63) is 29.8 Å². The highest BCUT2D eigenvalue weighted by Gasteiger charge is 1.95. The summed E-state index contributed by atoms with van der Waals surface area (Å²) in [5.41, 5.74) is 0.861. The van der Waals surface area contributed by atoms with Gasteiger partial charge >= 0.3 is 0 Å². The van der Waals surface area contributed by atoms with Crippen molar-refractivity contribution in [1.82, 2.24) is 4.90 Å². The van der Waals surface area contributed by atoms with Crippen molar-refractivity contribution >= 4 is 0 Å². The Kier molecular flexibility index (Phi) is 4.73. The molecule has 2 heteroatoms. The molecule has 0 fully saturated rings. The molecule has 0 aliphatic carbocycles. The van der Waals surface area contributed by atoms with Crippen molar-refractivity contribution in [1.29, 1.82) is 0 Å². The number of rotatable bonds is 5. The van der Waals surface area contributed by atoms with Crippen LogP contribution in [0.25, 0.3) is 0 Å². The lowest BCUT2D eigenvalue weighted by Gasteiger charge is -2.10. The Balaban J connectivity index is 2.35. The molecule has 0 bridgehead atoms. The molecule has 15 heavy (non-hydrogen) atoms. The third kappa shape index (κ3) is 4.53. The van der Waals surface area contributed by atoms with Gasteiger partial charge in [0.05, 0.1) is 6.61 Å². The minimum absolute atomic E-state index is 0.728. The molecule has 0 atom stereocenters. The van der Waals surface area contributed by atoms with Crippen molar-refractivity contribution in [2.45, 2.75) is 6.42 Å². The van der Waals surface area contributed by atoms with Crippen LogP contribution in [0.4, 0.5) is 0 Å². The van der Waals surface area contributed by atoms with Crippen molar-refractivity contribution in [3.8, 4) is 18.1 Å². The van der Waals surface area contributed by atoms with Crippen LogP contribution >= 0.6 is 0 Å². The fraction of sp³-hybridized carbons (Fsp3) is 0.385. The predicted octanol–water partition coefficient (Wildman–Crippen LogP) is 2.00. The molecule has 80 valence electrons. The SMILES string of the molecule is C#Cc1cccc(OCCCN(C)C)c1. The van der Waals surface area contributed by atoms with Gasteiger partial charge in [0, 0.05) is 12.1 Å². The molecule has 0 radical (unpaired) electrons. The molecule has 0 aliphatic heterocycles. The fourth-order valence-corrected chi connectivity index (χ4v) is 1.25. The first-order valence-electron chi connectivity index (χ1n) is 5.06. The molecule has 0 spiro atoms. The predicted molar refractivity (Wildman–Crippen MR) is 63.0 cm³/mol. The lowest BCUT2D eigenvalue weighted by Crippen LogP contribution is -2.15. The van der Waals surface area contributed by atoms with Gasteiger partial charge in [-0.3, -0.25) is 0 Å². The van der Waals surface area contributed by atoms with E-state index >= 15 is 0 Å². The Labute approximate surface area is 91.9 Å². The van der Waals surface area contributed by atoms with Crippen LogP contribution in [0, 0.1) is 12.3 Å². The van der Waals surface area contributed by atoms with Crippen molar-refractivity contribution in [2.24, 2.45) is 0 Å². The highest BCUT2D eigenvalue weighted by molar-refractivity contribution is 5.38. The van der Waals surface area contributed by atoms with Gasteiger partial charge in [0.2, 0.25) is 0 Å². The summed E-state index contributed by atoms with van der Waals surface area (Å²) >= 11 is 0. The second-order valence-electron chi connectivity index (χ2n) is 3.68. The van der Waals surface area contributed by atoms with Gasteiger partial charge in [0.1, 0.15) is 5.75 Å². The Bertz CT molecular complexity index is 339. The zero-order valence-electron chi connectivity index (χ0n) is 9.36. The number of terminal acetylenes is 1. The van der Waals surface area contributed by atoms with Gasteiger partial charge < -0.3 is 9.64 Å². The maximum absolute atomic E-state index is 5.58. The van der Waals surface area contributed by atoms with Crippen LogP contribution in [0.1, 0.15) is 12.0 Å². The van der Waals surface area contributed by atoms with Gasteiger partial charge in [-0.25, -0.2) is 0 Å². The average molecular weight is 203 g/mol. The quantitative estimate of drug-likeness (QED) is 0.536. The molecular weight excluding hydrogens is 186 g/mol. The van der Waals surface area contributed by atoms with E-state index in [9.17, 15) is 0 Å². The molecule has 1 rings (SSSR count). The normalized spacial score (nSPS) is 10.0. The highest BCUT2D eigenvalue weighted by atomic mass is 16.5. The van der Waals surface area contributed by atoms with E-state index in [-0.39, 0.29) is 0 Å². The molecule has 0 N–H and O–H groups in total. The van der Waals surface area contributed by atoms with Crippen molar-refractivity contribution in [3.63, 3.8) is 0 Å². The minimum Gasteiger partial charge on any atom is -0.494 e. The van der Waals surface area contributed by atoms with Crippen LogP contribution in [-0.4, -0.2) is 32.1 Å². The Hall–Kier alpha value is -1.46. The smallest absolute Gasteiger partial charge is 0.120 e. The molecular formula is C13H17NO. The second-order valence-corrected chi connectivity index (χ2v) is 3.68. The van der Waals surface area contributed by atoms with Gasteiger partial charge in [-0.05, 0) is 38.7 Å². The third-order valence-corrected chi connectivity index (χ3v) is 2.02. The summed E-state index contributed by atoms with van der Waals surface area (Å²) in [6, 6.07) is 7.62. The van der Waals surface area contributed by atoms with Gasteiger partial charge in [0.15, 0.2) is 0 Å². The van der Waals surface area contributed by atoms with Gasteiger partial charge in [0.25, 0.3) is 0 Å². The first-order chi connectivity index (χ1) is 7.22. The summed E-state index contributed by atoms with van der Waals surface area (Å²) in [5, 5.41) is 0. The summed E-state index contributed by atoms with van der Waals surface area (Å²) in [7, 11) is 4.11. The highest BCUT2D eigenvalue weighted by Crippen LogP contribution is 2.12. The zero-order chi connectivity index (χ0) is 11.1. The standard InChI is InChI=1S/C13H17NO/c1-4-12-7-5-8-13(11-12)15-10-6-9-14(2)3/h1,5,7-8,11H,6,9-10H2,2-3H3. The van der Waals surface area contributed by atoms with Gasteiger partial charge in [-0.15, -0.1) is 6.42 Å². The van der Waals surface area contributed by atoms with Gasteiger partial charge in [-0.2, -0.15) is 0 Å². The monoisotopic (exact) mass is 203 g/mol. The number of hydrogen-bond donors (Lipinski definition) is 0. The largest absolute Gasteiger partial charge is 0.494 e. The lowest BCUT2D eigenvalue weighted by molar-refractivity contribution is 0.281. The number of nitrogens with zero attached hydrogens (tertiary/aromatic N) is 1. The van der Waals surface area contributed by atoms with E-state index in [1.165, 1.54) is 0 Å². The van der Waals surface area contributed by atoms with E-state index in [0.717, 1.165) is 30.9 Å². The first kappa shape index (κ1) is 11.6. The van der Waals surface area contributed by atoms with E-state index in [1.807, 2.05) is 24.3 Å². The molecule has 1 aromatic carbocycles. The van der Waals surface area contributed by atoms with Crippen molar-refractivity contribution in [2.75, 3.05) is 27.2 Å². The van der Waals surface area contributed by atoms with Gasteiger partial charge in [-0.1, -0.05) is 12.0 Å². The van der Waals surface area contributed by atoms with Crippen LogP contribution in [-0.2, 0) is 0 Å². The lowest BCUT2D eigenvalue weighted by atomic mass is 10.2. The molecule has 0 amide bonds. The summed E-state index contributed by atoms with van der Waals surface area (Å²) in [4.78, 5) is 2.14. The summed E-state index contributed by atoms with van der Waals surface area (Å²) in [6.45, 7) is 1.76. The molecule has 0 saturated carbocycles. The summed E-state index contributed by atoms with van der Waals surface area (Å²) in [5.74, 6) is 3.44. The fourth-order valence-electron chi connectivity index (χ4n) is 1.25. The topological polar surface area (TPSA) is 12.5 Å². The third-order valence-electron chi connectivity index (χ3n) is 2.02.